The largest absolute Gasteiger partial charge is 0.497 e. The van der Waals surface area contributed by atoms with E-state index in [4.69, 9.17) is 4.74 Å². The van der Waals surface area contributed by atoms with E-state index in [2.05, 4.69) is 34.2 Å². The van der Waals surface area contributed by atoms with Gasteiger partial charge >= 0.3 is 5.91 Å². The van der Waals surface area contributed by atoms with Crippen LogP contribution in [-0.4, -0.2) is 18.2 Å². The number of hydrogen-bond acceptors (Lipinski definition) is 4. The summed E-state index contributed by atoms with van der Waals surface area (Å²) in [6.07, 6.45) is 0. The van der Waals surface area contributed by atoms with E-state index in [1.807, 2.05) is 24.3 Å². The van der Waals surface area contributed by atoms with Crippen molar-refractivity contribution in [2.45, 2.75) is 0 Å². The highest BCUT2D eigenvalue weighted by molar-refractivity contribution is 9.10. The maximum Gasteiger partial charge on any atom is 0.300 e. The Balaban J connectivity index is 1.92. The topological polar surface area (TPSA) is 58.6 Å². The fourth-order valence-corrected chi connectivity index (χ4v) is 3.22. The van der Waals surface area contributed by atoms with Gasteiger partial charge in [-0.25, -0.2) is 0 Å². The van der Waals surface area contributed by atoms with Crippen LogP contribution >= 0.6 is 28.7 Å². The van der Waals surface area contributed by atoms with Crippen molar-refractivity contribution in [1.29, 1.82) is 0 Å². The quantitative estimate of drug-likeness (QED) is 0.331. The van der Waals surface area contributed by atoms with Crippen LogP contribution in [0.2, 0.25) is 0 Å². The second-order valence-electron chi connectivity index (χ2n) is 5.38. The number of carbonyl (C=O) groups is 1. The molecular formula is C18H16BrN2O3S+. The van der Waals surface area contributed by atoms with E-state index in [-0.39, 0.29) is 0 Å². The van der Waals surface area contributed by atoms with E-state index in [0.29, 0.717) is 17.0 Å². The van der Waals surface area contributed by atoms with Crippen LogP contribution in [0.5, 0.6) is 5.75 Å². The molecule has 2 N–H and O–H groups in total. The summed E-state index contributed by atoms with van der Waals surface area (Å²) in [6.45, 7) is 0. The van der Waals surface area contributed by atoms with Crippen LogP contribution in [0.25, 0.3) is 10.8 Å². The summed E-state index contributed by atoms with van der Waals surface area (Å²) in [5.41, 5.74) is 3.32. The Bertz CT molecular complexity index is 929. The number of hydrogen-bond donors (Lipinski definition) is 3. The zero-order valence-corrected chi connectivity index (χ0v) is 15.8. The summed E-state index contributed by atoms with van der Waals surface area (Å²) in [5, 5.41) is 12.2. The third kappa shape index (κ3) is 3.64. The molecular weight excluding hydrogens is 404 g/mol. The van der Waals surface area contributed by atoms with Gasteiger partial charge in [-0.05, 0) is 35.0 Å². The standard InChI is InChI=1S/C18H15BrN2O3S/c1-24-13-8-6-12(7-9-13)21(23,25)20-18(22)16-10-11-17(19)15-5-3-2-4-14(15)16/h2-11,23,25H,1H3/p+1. The number of carbonyl (C=O) groups excluding carboxylic acids is 1. The highest BCUT2D eigenvalue weighted by Gasteiger charge is 2.29. The van der Waals surface area contributed by atoms with Crippen molar-refractivity contribution in [2.24, 2.45) is 0 Å². The lowest BCUT2D eigenvalue weighted by Gasteiger charge is -2.22. The molecule has 1 unspecified atom stereocenters. The van der Waals surface area contributed by atoms with Crippen molar-refractivity contribution in [3.63, 3.8) is 0 Å². The Morgan fingerprint density at radius 1 is 1.08 bits per heavy atom. The van der Waals surface area contributed by atoms with Gasteiger partial charge < -0.3 is 4.74 Å². The summed E-state index contributed by atoms with van der Waals surface area (Å²) in [7, 11) is 1.55. The minimum Gasteiger partial charge on any atom is -0.497 e. The van der Waals surface area contributed by atoms with Crippen molar-refractivity contribution in [3.8, 4) is 5.75 Å². The summed E-state index contributed by atoms with van der Waals surface area (Å²) < 4.78 is 4.90. The number of nitrogens with one attached hydrogen (secondary N) is 1. The normalized spacial score (nSPS) is 13.3. The summed E-state index contributed by atoms with van der Waals surface area (Å²) >= 11 is 7.63. The number of rotatable bonds is 4. The Morgan fingerprint density at radius 3 is 2.36 bits per heavy atom. The number of amides is 1. The average Bonchev–Trinajstić information content (AvgIpc) is 2.62. The number of ether oxygens (including phenoxy) is 1. The maximum atomic E-state index is 12.7. The predicted molar refractivity (Wildman–Crippen MR) is 105 cm³/mol. The zero-order chi connectivity index (χ0) is 18.0. The Hall–Kier alpha value is -2.06. The van der Waals surface area contributed by atoms with Crippen LogP contribution in [0.15, 0.2) is 65.1 Å². The third-order valence-electron chi connectivity index (χ3n) is 3.81. The van der Waals surface area contributed by atoms with E-state index < -0.39 is 10.1 Å². The number of benzene rings is 3. The molecule has 25 heavy (non-hydrogen) atoms. The second-order valence-corrected chi connectivity index (χ2v) is 6.81. The molecule has 0 aliphatic heterocycles. The second kappa shape index (κ2) is 7.05. The molecule has 0 aromatic heterocycles. The number of quaternary nitrogens is 1. The molecule has 0 aliphatic rings. The van der Waals surface area contributed by atoms with E-state index in [1.54, 1.807) is 43.5 Å². The van der Waals surface area contributed by atoms with Crippen molar-refractivity contribution < 1.29 is 14.7 Å². The van der Waals surface area contributed by atoms with E-state index in [1.165, 1.54) is 0 Å². The molecule has 7 heteroatoms. The highest BCUT2D eigenvalue weighted by atomic mass is 79.9. The van der Waals surface area contributed by atoms with E-state index in [0.717, 1.165) is 15.2 Å². The van der Waals surface area contributed by atoms with Gasteiger partial charge in [-0.2, -0.15) is 5.21 Å². The minimum absolute atomic E-state index is 0.374. The first-order valence-electron chi connectivity index (χ1n) is 7.41. The number of halogens is 1. The van der Waals surface area contributed by atoms with Crippen molar-refractivity contribution in [2.75, 3.05) is 7.11 Å². The molecule has 0 heterocycles. The first kappa shape index (κ1) is 17.8. The fourth-order valence-electron chi connectivity index (χ4n) is 2.52. The molecule has 0 bridgehead atoms. The molecule has 3 aromatic rings. The lowest BCUT2D eigenvalue weighted by Crippen LogP contribution is -2.52. The van der Waals surface area contributed by atoms with Crippen molar-refractivity contribution in [1.82, 2.24) is 9.59 Å². The average molecular weight is 420 g/mol. The smallest absolute Gasteiger partial charge is 0.300 e. The first-order chi connectivity index (χ1) is 11.9. The number of methoxy groups -OCH3 is 1. The van der Waals surface area contributed by atoms with Gasteiger partial charge in [0, 0.05) is 20.8 Å². The zero-order valence-electron chi connectivity index (χ0n) is 13.3. The van der Waals surface area contributed by atoms with Gasteiger partial charge in [0.2, 0.25) is 5.69 Å². The van der Waals surface area contributed by atoms with Crippen LogP contribution in [0.3, 0.4) is 0 Å². The molecule has 0 radical (unpaired) electrons. The van der Waals surface area contributed by atoms with Gasteiger partial charge in [0.1, 0.15) is 18.6 Å². The predicted octanol–water partition coefficient (Wildman–Crippen LogP) is 4.50. The van der Waals surface area contributed by atoms with E-state index in [9.17, 15) is 10.0 Å². The Labute approximate surface area is 159 Å². The molecule has 128 valence electrons. The van der Waals surface area contributed by atoms with Gasteiger partial charge in [0.25, 0.3) is 0 Å². The van der Waals surface area contributed by atoms with Crippen LogP contribution in [0, 0.1) is 0 Å². The molecule has 3 rings (SSSR count). The molecule has 0 spiro atoms. The Morgan fingerprint density at radius 2 is 1.72 bits per heavy atom. The minimum atomic E-state index is -1.08. The summed E-state index contributed by atoms with van der Waals surface area (Å²) in [5.74, 6) is 0.194. The molecule has 1 amide bonds. The van der Waals surface area contributed by atoms with Gasteiger partial charge in [-0.3, -0.25) is 4.79 Å². The summed E-state index contributed by atoms with van der Waals surface area (Å²) in [4.78, 5) is 12.7. The molecule has 0 saturated heterocycles. The molecule has 0 fully saturated rings. The first-order valence-corrected chi connectivity index (χ1v) is 8.61. The van der Waals surface area contributed by atoms with Crippen molar-refractivity contribution in [3.05, 3.63) is 70.7 Å². The van der Waals surface area contributed by atoms with Crippen LogP contribution in [0.1, 0.15) is 10.4 Å². The molecule has 0 aliphatic carbocycles. The van der Waals surface area contributed by atoms with Crippen LogP contribution in [-0.2, 0) is 0 Å². The van der Waals surface area contributed by atoms with Crippen molar-refractivity contribution >= 4 is 51.1 Å². The molecule has 1 atom stereocenters. The molecule has 0 saturated carbocycles. The number of fused-ring (bicyclic) bond motifs is 1. The molecule has 5 nitrogen and oxygen atoms in total. The highest BCUT2D eigenvalue weighted by Crippen LogP contribution is 2.28. The number of nitrogens with zero attached hydrogens (tertiary/aromatic N) is 1. The van der Waals surface area contributed by atoms with Gasteiger partial charge in [-0.15, -0.1) is 5.43 Å². The van der Waals surface area contributed by atoms with Gasteiger partial charge in [-0.1, -0.05) is 40.2 Å². The van der Waals surface area contributed by atoms with E-state index >= 15 is 0 Å². The lowest BCUT2D eigenvalue weighted by atomic mass is 10.0. The number of thiol groups is 1. The maximum absolute atomic E-state index is 12.7. The van der Waals surface area contributed by atoms with Crippen LogP contribution in [0.4, 0.5) is 5.69 Å². The Kier molecular flexibility index (Phi) is 5.01. The lowest BCUT2D eigenvalue weighted by molar-refractivity contribution is -0.0148. The van der Waals surface area contributed by atoms with Crippen LogP contribution < -0.4 is 14.3 Å². The SMILES string of the molecule is COc1ccc([N+](O)(S)NC(=O)c2ccc(Br)c3ccccc23)cc1. The summed E-state index contributed by atoms with van der Waals surface area (Å²) in [6, 6.07) is 17.6. The van der Waals surface area contributed by atoms with Gasteiger partial charge in [0.15, 0.2) is 0 Å². The monoisotopic (exact) mass is 419 g/mol. The van der Waals surface area contributed by atoms with Gasteiger partial charge in [0.05, 0.1) is 12.7 Å². The molecule has 3 aromatic carbocycles. The fraction of sp³-hybridized carbons (Fsp3) is 0.0556. The third-order valence-corrected chi connectivity index (χ3v) is 4.83.